The van der Waals surface area contributed by atoms with Crippen molar-refractivity contribution in [1.82, 2.24) is 9.17 Å². The lowest BCUT2D eigenvalue weighted by molar-refractivity contribution is 0.939. The fourth-order valence-electron chi connectivity index (χ4n) is 1.03. The normalized spacial score (nSPS) is 9.64. The second-order valence-corrected chi connectivity index (χ2v) is 3.53. The van der Waals surface area contributed by atoms with Gasteiger partial charge in [0, 0.05) is 0 Å². The van der Waals surface area contributed by atoms with Gasteiger partial charge in [0.2, 0.25) is 0 Å². The first kappa shape index (κ1) is 8.66. The van der Waals surface area contributed by atoms with E-state index in [2.05, 4.69) is 5.10 Å². The van der Waals surface area contributed by atoms with Crippen molar-refractivity contribution in [1.29, 1.82) is 10.7 Å². The van der Waals surface area contributed by atoms with Gasteiger partial charge in [0.05, 0.1) is 5.69 Å². The molecule has 1 aromatic heterocycles. The molecule has 0 spiro atoms. The van der Waals surface area contributed by atoms with Crippen molar-refractivity contribution in [2.45, 2.75) is 0 Å². The van der Waals surface area contributed by atoms with E-state index in [4.69, 9.17) is 10.7 Å². The topological polar surface area (TPSA) is 65.5 Å². The maximum Gasteiger partial charge on any atom is 0.198 e. The summed E-state index contributed by atoms with van der Waals surface area (Å²) in [5.74, 6) is 0. The molecular weight excluding hydrogens is 196 g/mol. The number of nitriles is 1. The van der Waals surface area contributed by atoms with Crippen LogP contribution < -0.4 is 4.67 Å². The van der Waals surface area contributed by atoms with Crippen molar-refractivity contribution in [2.75, 3.05) is 0 Å². The first-order chi connectivity index (χ1) is 6.81. The van der Waals surface area contributed by atoms with E-state index in [-0.39, 0.29) is 10.4 Å². The van der Waals surface area contributed by atoms with Crippen LogP contribution in [0, 0.1) is 16.7 Å². The maximum atomic E-state index is 8.64. The van der Waals surface area contributed by atoms with Crippen molar-refractivity contribution in [3.05, 3.63) is 40.7 Å². The summed E-state index contributed by atoms with van der Waals surface area (Å²) in [6.45, 7) is 0. The zero-order chi connectivity index (χ0) is 9.97. The summed E-state index contributed by atoms with van der Waals surface area (Å²) in [5.41, 5.74) is 1.03. The SMILES string of the molecule is N#Cc1nn(-c2ccccc2)sc1=N. The van der Waals surface area contributed by atoms with Gasteiger partial charge in [-0.05, 0) is 23.7 Å². The summed E-state index contributed by atoms with van der Waals surface area (Å²) in [7, 11) is 0. The lowest BCUT2D eigenvalue weighted by Crippen LogP contribution is -1.95. The van der Waals surface area contributed by atoms with Crippen LogP contribution in [0.4, 0.5) is 0 Å². The van der Waals surface area contributed by atoms with Gasteiger partial charge >= 0.3 is 0 Å². The minimum Gasteiger partial charge on any atom is -0.287 e. The van der Waals surface area contributed by atoms with Gasteiger partial charge in [-0.1, -0.05) is 18.2 Å². The smallest absolute Gasteiger partial charge is 0.198 e. The molecule has 2 rings (SSSR count). The molecule has 0 amide bonds. The van der Waals surface area contributed by atoms with Crippen LogP contribution in [0.15, 0.2) is 30.3 Å². The van der Waals surface area contributed by atoms with Crippen LogP contribution in [-0.2, 0) is 0 Å². The molecule has 4 nitrogen and oxygen atoms in total. The molecule has 5 heteroatoms. The monoisotopic (exact) mass is 202 g/mol. The van der Waals surface area contributed by atoms with Crippen LogP contribution in [0.2, 0.25) is 0 Å². The Hall–Kier alpha value is -1.93. The van der Waals surface area contributed by atoms with Gasteiger partial charge in [-0.15, -0.1) is 5.10 Å². The molecule has 0 saturated heterocycles. The first-order valence-electron chi connectivity index (χ1n) is 3.92. The molecule has 0 aliphatic rings. The van der Waals surface area contributed by atoms with Gasteiger partial charge in [0.15, 0.2) is 10.4 Å². The molecular formula is C9H6N4S. The van der Waals surface area contributed by atoms with E-state index in [0.717, 1.165) is 17.2 Å². The number of nitrogens with one attached hydrogen (secondary N) is 1. The average molecular weight is 202 g/mol. The number of hydrogen-bond donors (Lipinski definition) is 1. The van der Waals surface area contributed by atoms with Gasteiger partial charge < -0.3 is 0 Å². The van der Waals surface area contributed by atoms with Gasteiger partial charge in [-0.2, -0.15) is 9.33 Å². The van der Waals surface area contributed by atoms with E-state index in [1.54, 1.807) is 4.07 Å². The number of hydrogen-bond acceptors (Lipinski definition) is 4. The number of para-hydroxylation sites is 1. The largest absolute Gasteiger partial charge is 0.287 e. The maximum absolute atomic E-state index is 8.64. The third-order valence-electron chi connectivity index (χ3n) is 1.67. The molecule has 0 unspecified atom stereocenters. The Balaban J connectivity index is 2.55. The summed E-state index contributed by atoms with van der Waals surface area (Å²) in [6, 6.07) is 11.3. The highest BCUT2D eigenvalue weighted by Gasteiger charge is 2.03. The Bertz CT molecular complexity index is 532. The fraction of sp³-hybridized carbons (Fsp3) is 0. The van der Waals surface area contributed by atoms with Crippen LogP contribution >= 0.6 is 11.5 Å². The molecule has 1 N–H and O–H groups in total. The van der Waals surface area contributed by atoms with Crippen LogP contribution in [0.25, 0.3) is 5.69 Å². The van der Waals surface area contributed by atoms with Crippen LogP contribution in [-0.4, -0.2) is 9.17 Å². The van der Waals surface area contributed by atoms with Crippen molar-refractivity contribution in [3.63, 3.8) is 0 Å². The fourth-order valence-corrected chi connectivity index (χ4v) is 1.72. The summed E-state index contributed by atoms with van der Waals surface area (Å²) < 4.78 is 1.76. The van der Waals surface area contributed by atoms with Crippen LogP contribution in [0.3, 0.4) is 0 Å². The summed E-state index contributed by atoms with van der Waals surface area (Å²) >= 11 is 1.14. The molecule has 14 heavy (non-hydrogen) atoms. The van der Waals surface area contributed by atoms with E-state index in [9.17, 15) is 0 Å². The van der Waals surface area contributed by atoms with E-state index in [0.29, 0.717) is 0 Å². The molecule has 68 valence electrons. The molecule has 0 aliphatic carbocycles. The molecule has 0 radical (unpaired) electrons. The number of nitrogens with zero attached hydrogens (tertiary/aromatic N) is 3. The Morgan fingerprint density at radius 2 is 2.07 bits per heavy atom. The molecule has 1 heterocycles. The average Bonchev–Trinajstić information content (AvgIpc) is 2.61. The number of rotatable bonds is 1. The van der Waals surface area contributed by atoms with Crippen molar-refractivity contribution >= 4 is 11.5 Å². The third-order valence-corrected chi connectivity index (χ3v) is 2.51. The molecule has 1 aromatic carbocycles. The highest BCUT2D eigenvalue weighted by atomic mass is 32.1. The highest BCUT2D eigenvalue weighted by molar-refractivity contribution is 7.04. The number of benzene rings is 1. The lowest BCUT2D eigenvalue weighted by Gasteiger charge is -1.96. The zero-order valence-electron chi connectivity index (χ0n) is 7.14. The minimum absolute atomic E-state index is 0.166. The molecule has 0 fully saturated rings. The lowest BCUT2D eigenvalue weighted by atomic mass is 10.3. The van der Waals surface area contributed by atoms with Gasteiger partial charge in [0.25, 0.3) is 0 Å². The minimum atomic E-state index is 0.166. The Kier molecular flexibility index (Phi) is 2.13. The Morgan fingerprint density at radius 3 is 2.64 bits per heavy atom. The van der Waals surface area contributed by atoms with Gasteiger partial charge in [-0.25, -0.2) is 0 Å². The Morgan fingerprint density at radius 1 is 1.36 bits per heavy atom. The van der Waals surface area contributed by atoms with E-state index < -0.39 is 0 Å². The second kappa shape index (κ2) is 3.44. The zero-order valence-corrected chi connectivity index (χ0v) is 7.95. The van der Waals surface area contributed by atoms with Crippen molar-refractivity contribution in [3.8, 4) is 11.8 Å². The molecule has 0 atom stereocenters. The Labute approximate surface area is 84.3 Å². The molecule has 2 aromatic rings. The highest BCUT2D eigenvalue weighted by Crippen LogP contribution is 2.06. The third kappa shape index (κ3) is 1.43. The predicted octanol–water partition coefficient (Wildman–Crippen LogP) is 1.28. The summed E-state index contributed by atoms with van der Waals surface area (Å²) in [6.07, 6.45) is 0. The molecule has 0 saturated carbocycles. The van der Waals surface area contributed by atoms with Gasteiger partial charge in [-0.3, -0.25) is 5.41 Å². The van der Waals surface area contributed by atoms with Gasteiger partial charge in [0.1, 0.15) is 6.07 Å². The second-order valence-electron chi connectivity index (χ2n) is 2.59. The standard InChI is InChI=1S/C9H6N4S/c10-6-8-9(11)14-13(12-8)7-4-2-1-3-5-7/h1-5,11H. The van der Waals surface area contributed by atoms with Crippen LogP contribution in [0.1, 0.15) is 5.69 Å². The van der Waals surface area contributed by atoms with E-state index in [1.807, 2.05) is 36.4 Å². The van der Waals surface area contributed by atoms with Crippen molar-refractivity contribution < 1.29 is 0 Å². The predicted molar refractivity (Wildman–Crippen MR) is 52.0 cm³/mol. The molecule has 0 bridgehead atoms. The first-order valence-corrected chi connectivity index (χ1v) is 4.69. The van der Waals surface area contributed by atoms with Crippen molar-refractivity contribution in [2.24, 2.45) is 0 Å². The summed E-state index contributed by atoms with van der Waals surface area (Å²) in [5, 5.41) is 20.1. The van der Waals surface area contributed by atoms with Crippen LogP contribution in [0.5, 0.6) is 0 Å². The number of aromatic nitrogens is 2. The van der Waals surface area contributed by atoms with E-state index >= 15 is 0 Å². The summed E-state index contributed by atoms with van der Waals surface area (Å²) in [4.78, 5) is 0. The van der Waals surface area contributed by atoms with E-state index in [1.165, 1.54) is 0 Å². The molecule has 0 aliphatic heterocycles. The quantitative estimate of drug-likeness (QED) is 0.757.